The number of hydrogen-bond acceptors (Lipinski definition) is 4. The van der Waals surface area contributed by atoms with Crippen molar-refractivity contribution in [3.8, 4) is 11.5 Å². The van der Waals surface area contributed by atoms with Crippen LogP contribution in [0.1, 0.15) is 29.3 Å². The molecule has 1 N–H and O–H groups in total. The SMILES string of the molecule is CCn1cc(CNC(=O)/C=C/c2ccc(OC)c(COc3ccccc3)c2)c(C)n1. The number of aryl methyl sites for hydroxylation is 2. The van der Waals surface area contributed by atoms with Crippen molar-refractivity contribution in [1.82, 2.24) is 15.1 Å². The minimum Gasteiger partial charge on any atom is -0.496 e. The number of rotatable bonds is 9. The first-order valence-corrected chi connectivity index (χ1v) is 9.92. The van der Waals surface area contributed by atoms with Gasteiger partial charge in [-0.25, -0.2) is 0 Å². The van der Waals surface area contributed by atoms with Crippen LogP contribution in [0.15, 0.2) is 60.8 Å². The van der Waals surface area contributed by atoms with E-state index in [0.717, 1.165) is 40.4 Å². The summed E-state index contributed by atoms with van der Waals surface area (Å²) in [6.45, 7) is 5.61. The van der Waals surface area contributed by atoms with Crippen LogP contribution in [-0.4, -0.2) is 22.8 Å². The standard InChI is InChI=1S/C24H27N3O3/c1-4-27-16-21(18(2)26-27)15-25-24(28)13-11-19-10-12-23(29-3)20(14-19)17-30-22-8-6-5-7-9-22/h5-14,16H,4,15,17H2,1-3H3,(H,25,28)/b13-11+. The zero-order valence-electron chi connectivity index (χ0n) is 17.6. The summed E-state index contributed by atoms with van der Waals surface area (Å²) >= 11 is 0. The van der Waals surface area contributed by atoms with E-state index in [1.54, 1.807) is 13.2 Å². The van der Waals surface area contributed by atoms with Crippen molar-refractivity contribution in [1.29, 1.82) is 0 Å². The lowest BCUT2D eigenvalue weighted by atomic mass is 10.1. The van der Waals surface area contributed by atoms with Crippen LogP contribution < -0.4 is 14.8 Å². The summed E-state index contributed by atoms with van der Waals surface area (Å²) in [5.41, 5.74) is 3.75. The quantitative estimate of drug-likeness (QED) is 0.544. The molecule has 3 aromatic rings. The second kappa shape index (κ2) is 10.3. The molecule has 3 rings (SSSR count). The van der Waals surface area contributed by atoms with Crippen LogP contribution in [0.4, 0.5) is 0 Å². The van der Waals surface area contributed by atoms with Gasteiger partial charge < -0.3 is 14.8 Å². The summed E-state index contributed by atoms with van der Waals surface area (Å²) in [5.74, 6) is 1.38. The fourth-order valence-corrected chi connectivity index (χ4v) is 3.00. The molecule has 2 aromatic carbocycles. The number of ether oxygens (including phenoxy) is 2. The lowest BCUT2D eigenvalue weighted by Crippen LogP contribution is -2.20. The molecule has 6 nitrogen and oxygen atoms in total. The highest BCUT2D eigenvalue weighted by molar-refractivity contribution is 5.91. The molecule has 0 atom stereocenters. The topological polar surface area (TPSA) is 65.4 Å². The van der Waals surface area contributed by atoms with Crippen molar-refractivity contribution >= 4 is 12.0 Å². The molecule has 0 aliphatic rings. The van der Waals surface area contributed by atoms with E-state index < -0.39 is 0 Å². The first kappa shape index (κ1) is 21.2. The fourth-order valence-electron chi connectivity index (χ4n) is 3.00. The number of aromatic nitrogens is 2. The molecule has 1 aromatic heterocycles. The fraction of sp³-hybridized carbons (Fsp3) is 0.250. The predicted octanol–water partition coefficient (Wildman–Crippen LogP) is 4.13. The Kier molecular flexibility index (Phi) is 7.27. The van der Waals surface area contributed by atoms with Gasteiger partial charge in [0, 0.05) is 36.5 Å². The van der Waals surface area contributed by atoms with E-state index in [9.17, 15) is 4.79 Å². The molecule has 1 amide bonds. The zero-order chi connectivity index (χ0) is 21.3. The molecule has 0 aliphatic carbocycles. The summed E-state index contributed by atoms with van der Waals surface area (Å²) in [4.78, 5) is 12.2. The average Bonchev–Trinajstić information content (AvgIpc) is 3.15. The van der Waals surface area contributed by atoms with Gasteiger partial charge in [-0.3, -0.25) is 9.48 Å². The van der Waals surface area contributed by atoms with E-state index in [4.69, 9.17) is 9.47 Å². The van der Waals surface area contributed by atoms with Gasteiger partial charge in [-0.05, 0) is 49.8 Å². The molecule has 0 saturated heterocycles. The van der Waals surface area contributed by atoms with Crippen LogP contribution in [0.2, 0.25) is 0 Å². The van der Waals surface area contributed by atoms with Gasteiger partial charge in [0.25, 0.3) is 0 Å². The molecule has 0 fully saturated rings. The lowest BCUT2D eigenvalue weighted by molar-refractivity contribution is -0.116. The number of nitrogens with one attached hydrogen (secondary N) is 1. The van der Waals surface area contributed by atoms with Gasteiger partial charge in [-0.1, -0.05) is 24.3 Å². The number of carbonyl (C=O) groups excluding carboxylic acids is 1. The third-order valence-electron chi connectivity index (χ3n) is 4.69. The normalized spacial score (nSPS) is 10.9. The number of nitrogens with zero attached hydrogens (tertiary/aromatic N) is 2. The molecule has 1 heterocycles. The van der Waals surface area contributed by atoms with Gasteiger partial charge >= 0.3 is 0 Å². The van der Waals surface area contributed by atoms with Crippen LogP contribution in [-0.2, 0) is 24.5 Å². The molecule has 0 aliphatic heterocycles. The molecule has 6 heteroatoms. The van der Waals surface area contributed by atoms with Crippen molar-refractivity contribution < 1.29 is 14.3 Å². The Morgan fingerprint density at radius 1 is 1.17 bits per heavy atom. The van der Waals surface area contributed by atoms with Crippen molar-refractivity contribution in [2.45, 2.75) is 33.5 Å². The molecule has 0 unspecified atom stereocenters. The first-order valence-electron chi connectivity index (χ1n) is 9.92. The van der Waals surface area contributed by atoms with E-state index in [1.807, 2.05) is 73.3 Å². The van der Waals surface area contributed by atoms with Crippen molar-refractivity contribution in [3.63, 3.8) is 0 Å². The van der Waals surface area contributed by atoms with Crippen molar-refractivity contribution in [3.05, 3.63) is 83.2 Å². The van der Waals surface area contributed by atoms with E-state index in [0.29, 0.717) is 13.2 Å². The van der Waals surface area contributed by atoms with E-state index >= 15 is 0 Å². The smallest absolute Gasteiger partial charge is 0.244 e. The van der Waals surface area contributed by atoms with Gasteiger partial charge in [0.05, 0.1) is 12.8 Å². The Morgan fingerprint density at radius 2 is 1.97 bits per heavy atom. The maximum Gasteiger partial charge on any atom is 0.244 e. The summed E-state index contributed by atoms with van der Waals surface area (Å²) in [5, 5.41) is 7.29. The third kappa shape index (κ3) is 5.73. The number of methoxy groups -OCH3 is 1. The molecular weight excluding hydrogens is 378 g/mol. The highest BCUT2D eigenvalue weighted by Crippen LogP contribution is 2.23. The zero-order valence-corrected chi connectivity index (χ0v) is 17.6. The van der Waals surface area contributed by atoms with Crippen LogP contribution in [0.5, 0.6) is 11.5 Å². The van der Waals surface area contributed by atoms with Gasteiger partial charge in [0.15, 0.2) is 0 Å². The average molecular weight is 405 g/mol. The van der Waals surface area contributed by atoms with E-state index in [1.165, 1.54) is 6.08 Å². The number of hydrogen-bond donors (Lipinski definition) is 1. The van der Waals surface area contributed by atoms with Gasteiger partial charge in [-0.15, -0.1) is 0 Å². The van der Waals surface area contributed by atoms with Crippen molar-refractivity contribution in [2.75, 3.05) is 7.11 Å². The molecule has 30 heavy (non-hydrogen) atoms. The third-order valence-corrected chi connectivity index (χ3v) is 4.69. The molecule has 156 valence electrons. The Balaban J connectivity index is 1.61. The Morgan fingerprint density at radius 3 is 2.67 bits per heavy atom. The molecule has 0 radical (unpaired) electrons. The summed E-state index contributed by atoms with van der Waals surface area (Å²) in [7, 11) is 1.63. The number of amides is 1. The van der Waals surface area contributed by atoms with Crippen LogP contribution >= 0.6 is 0 Å². The number of carbonyl (C=O) groups is 1. The van der Waals surface area contributed by atoms with Gasteiger partial charge in [0.1, 0.15) is 18.1 Å². The Hall–Kier alpha value is -3.54. The highest BCUT2D eigenvalue weighted by atomic mass is 16.5. The second-order valence-corrected chi connectivity index (χ2v) is 6.82. The van der Waals surface area contributed by atoms with Gasteiger partial charge in [0.2, 0.25) is 5.91 Å². The minimum atomic E-state index is -0.156. The largest absolute Gasteiger partial charge is 0.496 e. The first-order chi connectivity index (χ1) is 14.6. The molecular formula is C24H27N3O3. The van der Waals surface area contributed by atoms with E-state index in [2.05, 4.69) is 10.4 Å². The predicted molar refractivity (Wildman–Crippen MR) is 117 cm³/mol. The van der Waals surface area contributed by atoms with Crippen molar-refractivity contribution in [2.24, 2.45) is 0 Å². The molecule has 0 spiro atoms. The monoisotopic (exact) mass is 405 g/mol. The highest BCUT2D eigenvalue weighted by Gasteiger charge is 2.07. The lowest BCUT2D eigenvalue weighted by Gasteiger charge is -2.11. The minimum absolute atomic E-state index is 0.156. The summed E-state index contributed by atoms with van der Waals surface area (Å²) < 4.78 is 13.1. The molecule has 0 bridgehead atoms. The number of para-hydroxylation sites is 1. The maximum atomic E-state index is 12.2. The van der Waals surface area contributed by atoms with Crippen LogP contribution in [0, 0.1) is 6.92 Å². The van der Waals surface area contributed by atoms with Gasteiger partial charge in [-0.2, -0.15) is 5.10 Å². The Labute approximate surface area is 177 Å². The maximum absolute atomic E-state index is 12.2. The van der Waals surface area contributed by atoms with Crippen LogP contribution in [0.25, 0.3) is 6.08 Å². The van der Waals surface area contributed by atoms with E-state index in [-0.39, 0.29) is 5.91 Å². The number of benzene rings is 2. The molecule has 0 saturated carbocycles. The summed E-state index contributed by atoms with van der Waals surface area (Å²) in [6, 6.07) is 15.4. The summed E-state index contributed by atoms with van der Waals surface area (Å²) in [6.07, 6.45) is 5.27. The van der Waals surface area contributed by atoms with Crippen LogP contribution in [0.3, 0.4) is 0 Å². The Bertz CT molecular complexity index is 1010. The second-order valence-electron chi connectivity index (χ2n) is 6.82.